The Labute approximate surface area is 145 Å². The van der Waals surface area contributed by atoms with Crippen LogP contribution >= 0.6 is 0 Å². The molecular weight excluding hydrogens is 323 g/mol. The number of ether oxygens (including phenoxy) is 1. The van der Waals surface area contributed by atoms with Gasteiger partial charge >= 0.3 is 6.03 Å². The van der Waals surface area contributed by atoms with Crippen LogP contribution in [0.3, 0.4) is 0 Å². The summed E-state index contributed by atoms with van der Waals surface area (Å²) in [5, 5.41) is 9.95. The number of rotatable bonds is 3. The molecule has 6 nitrogen and oxygen atoms in total. The van der Waals surface area contributed by atoms with Crippen molar-refractivity contribution in [2.75, 3.05) is 11.9 Å². The van der Waals surface area contributed by atoms with Crippen LogP contribution in [0.2, 0.25) is 0 Å². The van der Waals surface area contributed by atoms with E-state index in [1.165, 1.54) is 12.1 Å². The van der Waals surface area contributed by atoms with Gasteiger partial charge in [0.25, 0.3) is 0 Å². The number of hydrogen-bond donors (Lipinski definition) is 2. The number of amides is 2. The Bertz CT molecular complexity index is 790. The van der Waals surface area contributed by atoms with E-state index >= 15 is 0 Å². The van der Waals surface area contributed by atoms with Crippen LogP contribution in [-0.2, 0) is 4.74 Å². The highest BCUT2D eigenvalue weighted by atomic mass is 19.1. The predicted molar refractivity (Wildman–Crippen MR) is 91.1 cm³/mol. The standard InChI is InChI=1S/C18H21FN4O2/c1-18(2)15(12-6-9-25-16(12)18)22-17(24)21-13-10-11(19)4-5-14(13)23-8-3-7-20-23/h3-5,7-8,10,12,15-16H,6,9H2,1-2H3,(H2,21,22,24)/t12-,15+,16+/m0/s1. The number of urea groups is 1. The molecule has 1 aliphatic carbocycles. The highest BCUT2D eigenvalue weighted by Gasteiger charge is 2.59. The minimum absolute atomic E-state index is 0.0433. The molecule has 2 aromatic rings. The van der Waals surface area contributed by atoms with Crippen LogP contribution in [0.1, 0.15) is 20.3 Å². The first-order valence-electron chi connectivity index (χ1n) is 8.45. The van der Waals surface area contributed by atoms with E-state index in [2.05, 4.69) is 29.6 Å². The number of aromatic nitrogens is 2. The Hall–Kier alpha value is -2.41. The van der Waals surface area contributed by atoms with Gasteiger partial charge < -0.3 is 15.4 Å². The number of carbonyl (C=O) groups excluding carboxylic acids is 1. The zero-order valence-electron chi connectivity index (χ0n) is 14.2. The topological polar surface area (TPSA) is 68.2 Å². The van der Waals surface area contributed by atoms with Gasteiger partial charge in [0.05, 0.1) is 17.5 Å². The van der Waals surface area contributed by atoms with E-state index in [0.29, 0.717) is 17.3 Å². The summed E-state index contributed by atoms with van der Waals surface area (Å²) in [6.07, 6.45) is 4.53. The number of fused-ring (bicyclic) bond motifs is 1. The van der Waals surface area contributed by atoms with Gasteiger partial charge in [0.2, 0.25) is 0 Å². The molecule has 1 aliphatic heterocycles. The van der Waals surface area contributed by atoms with Crippen molar-refractivity contribution in [2.24, 2.45) is 11.3 Å². The van der Waals surface area contributed by atoms with Crippen LogP contribution in [0.4, 0.5) is 14.9 Å². The van der Waals surface area contributed by atoms with E-state index in [-0.39, 0.29) is 23.6 Å². The fourth-order valence-electron chi connectivity index (χ4n) is 4.14. The van der Waals surface area contributed by atoms with E-state index < -0.39 is 5.82 Å². The van der Waals surface area contributed by atoms with Crippen molar-refractivity contribution in [2.45, 2.75) is 32.4 Å². The highest BCUT2D eigenvalue weighted by molar-refractivity contribution is 5.91. The molecule has 0 unspecified atom stereocenters. The lowest BCUT2D eigenvalue weighted by Crippen LogP contribution is -2.67. The Morgan fingerprint density at radius 1 is 1.44 bits per heavy atom. The van der Waals surface area contributed by atoms with Gasteiger partial charge in [-0.25, -0.2) is 13.9 Å². The molecule has 0 spiro atoms. The van der Waals surface area contributed by atoms with Crippen molar-refractivity contribution in [3.05, 3.63) is 42.5 Å². The zero-order chi connectivity index (χ0) is 17.6. The van der Waals surface area contributed by atoms with E-state index in [4.69, 9.17) is 4.74 Å². The number of anilines is 1. The first-order valence-corrected chi connectivity index (χ1v) is 8.45. The number of nitrogens with zero attached hydrogens (tertiary/aromatic N) is 2. The molecule has 1 aromatic heterocycles. The lowest BCUT2D eigenvalue weighted by atomic mass is 9.57. The third-order valence-corrected chi connectivity index (χ3v) is 5.35. The SMILES string of the molecule is CC1(C)[C@H](NC(=O)Nc2cc(F)ccc2-n2cccn2)[C@@H]2CCO[C@H]21. The number of hydrogen-bond acceptors (Lipinski definition) is 3. The summed E-state index contributed by atoms with van der Waals surface area (Å²) in [4.78, 5) is 12.5. The molecule has 2 heterocycles. The quantitative estimate of drug-likeness (QED) is 0.899. The maximum Gasteiger partial charge on any atom is 0.319 e. The van der Waals surface area contributed by atoms with Crippen molar-refractivity contribution in [3.8, 4) is 5.69 Å². The molecule has 2 fully saturated rings. The van der Waals surface area contributed by atoms with E-state index in [1.807, 2.05) is 0 Å². The van der Waals surface area contributed by atoms with Crippen molar-refractivity contribution >= 4 is 11.7 Å². The average molecular weight is 344 g/mol. The Morgan fingerprint density at radius 3 is 3.04 bits per heavy atom. The molecule has 0 bridgehead atoms. The van der Waals surface area contributed by atoms with Gasteiger partial charge in [-0.3, -0.25) is 0 Å². The van der Waals surface area contributed by atoms with Crippen LogP contribution in [0.25, 0.3) is 5.69 Å². The van der Waals surface area contributed by atoms with Gasteiger partial charge in [-0.2, -0.15) is 5.10 Å². The summed E-state index contributed by atoms with van der Waals surface area (Å²) in [6.45, 7) is 4.94. The molecule has 2 N–H and O–H groups in total. The Balaban J connectivity index is 1.51. The zero-order valence-corrected chi connectivity index (χ0v) is 14.2. The normalized spacial score (nSPS) is 26.6. The molecule has 7 heteroatoms. The van der Waals surface area contributed by atoms with E-state index in [9.17, 15) is 9.18 Å². The summed E-state index contributed by atoms with van der Waals surface area (Å²) in [5.74, 6) is -0.0710. The molecule has 2 aliphatic rings. The largest absolute Gasteiger partial charge is 0.377 e. The fraction of sp³-hybridized carbons (Fsp3) is 0.444. The maximum absolute atomic E-state index is 13.7. The van der Waals surface area contributed by atoms with Gasteiger partial charge in [0.1, 0.15) is 5.82 Å². The lowest BCUT2D eigenvalue weighted by molar-refractivity contribution is -0.107. The van der Waals surface area contributed by atoms with Crippen molar-refractivity contribution in [1.82, 2.24) is 15.1 Å². The van der Waals surface area contributed by atoms with E-state index in [0.717, 1.165) is 13.0 Å². The fourth-order valence-corrected chi connectivity index (χ4v) is 4.14. The molecule has 1 saturated heterocycles. The van der Waals surface area contributed by atoms with Crippen LogP contribution in [0.5, 0.6) is 0 Å². The average Bonchev–Trinajstić information content (AvgIpc) is 3.23. The number of halogens is 1. The van der Waals surface area contributed by atoms with Crippen LogP contribution < -0.4 is 10.6 Å². The summed E-state index contributed by atoms with van der Waals surface area (Å²) >= 11 is 0. The molecule has 25 heavy (non-hydrogen) atoms. The van der Waals surface area contributed by atoms with Crippen molar-refractivity contribution in [3.63, 3.8) is 0 Å². The van der Waals surface area contributed by atoms with Crippen LogP contribution in [0, 0.1) is 17.2 Å². The number of nitrogens with one attached hydrogen (secondary N) is 2. The summed E-state index contributed by atoms with van der Waals surface area (Å²) in [5.41, 5.74) is 0.875. The summed E-state index contributed by atoms with van der Waals surface area (Å²) in [7, 11) is 0. The first kappa shape index (κ1) is 16.1. The van der Waals surface area contributed by atoms with Gasteiger partial charge in [0.15, 0.2) is 0 Å². The molecule has 1 aromatic carbocycles. The Morgan fingerprint density at radius 2 is 2.28 bits per heavy atom. The number of carbonyl (C=O) groups is 1. The molecule has 2 amide bonds. The summed E-state index contributed by atoms with van der Waals surface area (Å²) < 4.78 is 21.0. The third kappa shape index (κ3) is 2.68. The minimum atomic E-state index is -0.417. The van der Waals surface area contributed by atoms with E-state index in [1.54, 1.807) is 29.2 Å². The van der Waals surface area contributed by atoms with Gasteiger partial charge in [-0.1, -0.05) is 13.8 Å². The minimum Gasteiger partial charge on any atom is -0.377 e. The number of benzene rings is 1. The lowest BCUT2D eigenvalue weighted by Gasteiger charge is -2.54. The second-order valence-corrected chi connectivity index (χ2v) is 7.25. The van der Waals surface area contributed by atoms with Gasteiger partial charge in [-0.05, 0) is 30.7 Å². The molecule has 4 rings (SSSR count). The van der Waals surface area contributed by atoms with Gasteiger partial charge in [-0.15, -0.1) is 0 Å². The molecule has 3 atom stereocenters. The molecular formula is C18H21FN4O2. The van der Waals surface area contributed by atoms with Crippen molar-refractivity contribution in [1.29, 1.82) is 0 Å². The van der Waals surface area contributed by atoms with Gasteiger partial charge in [0, 0.05) is 36.4 Å². The molecule has 132 valence electrons. The summed E-state index contributed by atoms with van der Waals surface area (Å²) in [6, 6.07) is 5.69. The van der Waals surface area contributed by atoms with Crippen LogP contribution in [-0.4, -0.2) is 34.6 Å². The predicted octanol–water partition coefficient (Wildman–Crippen LogP) is 2.95. The Kier molecular flexibility index (Phi) is 3.76. The van der Waals surface area contributed by atoms with Crippen molar-refractivity contribution < 1.29 is 13.9 Å². The smallest absolute Gasteiger partial charge is 0.319 e. The second-order valence-electron chi connectivity index (χ2n) is 7.25. The first-order chi connectivity index (χ1) is 12.0. The molecule has 1 saturated carbocycles. The monoisotopic (exact) mass is 344 g/mol. The van der Waals surface area contributed by atoms with Crippen LogP contribution in [0.15, 0.2) is 36.7 Å². The molecule has 0 radical (unpaired) electrons. The highest BCUT2D eigenvalue weighted by Crippen LogP contribution is 2.52. The maximum atomic E-state index is 13.7. The third-order valence-electron chi connectivity index (χ3n) is 5.35. The second kappa shape index (κ2) is 5.84.